The number of nitrogens with one attached hydrogen (secondary N) is 2. The maximum Gasteiger partial charge on any atom is 0.270 e. The topological polar surface area (TPSA) is 108 Å². The molecule has 0 aliphatic heterocycles. The lowest BCUT2D eigenvalue weighted by atomic mass is 10.1. The van der Waals surface area contributed by atoms with Gasteiger partial charge >= 0.3 is 0 Å². The molecule has 0 saturated carbocycles. The van der Waals surface area contributed by atoms with Gasteiger partial charge in [-0.2, -0.15) is 5.26 Å². The van der Waals surface area contributed by atoms with E-state index in [2.05, 4.69) is 15.8 Å². The second-order valence-electron chi connectivity index (χ2n) is 6.15. The Kier molecular flexibility index (Phi) is 4.74. The third-order valence-electron chi connectivity index (χ3n) is 4.28. The average Bonchev–Trinajstić information content (AvgIpc) is 3.31. The van der Waals surface area contributed by atoms with E-state index in [9.17, 15) is 9.59 Å². The molecule has 0 bridgehead atoms. The molecule has 2 aromatic carbocycles. The lowest BCUT2D eigenvalue weighted by Crippen LogP contribution is -2.41. The first-order chi connectivity index (χ1) is 14.2. The highest BCUT2D eigenvalue weighted by Gasteiger charge is 2.16. The molecule has 4 aromatic rings. The number of hydrazine groups is 1. The Morgan fingerprint density at radius 3 is 2.55 bits per heavy atom. The van der Waals surface area contributed by atoms with E-state index in [4.69, 9.17) is 9.68 Å². The Hall–Kier alpha value is -4.44. The summed E-state index contributed by atoms with van der Waals surface area (Å²) in [6.45, 7) is 0. The largest absolute Gasteiger partial charge is 0.463 e. The number of fused-ring (bicyclic) bond motifs is 1. The van der Waals surface area contributed by atoms with Crippen LogP contribution in [0.25, 0.3) is 22.4 Å². The minimum absolute atomic E-state index is 0.264. The Balaban J connectivity index is 1.61. The molecule has 29 heavy (non-hydrogen) atoms. The summed E-state index contributed by atoms with van der Waals surface area (Å²) in [5, 5.41) is 9.59. The maximum absolute atomic E-state index is 12.8. The number of aromatic nitrogens is 1. The Morgan fingerprint density at radius 1 is 0.931 bits per heavy atom. The van der Waals surface area contributed by atoms with Crippen molar-refractivity contribution in [3.63, 3.8) is 0 Å². The molecule has 7 nitrogen and oxygen atoms in total. The van der Waals surface area contributed by atoms with Crippen LogP contribution in [0.5, 0.6) is 0 Å². The number of amides is 2. The number of furan rings is 1. The molecular formula is C22H14N4O3. The standard InChI is InChI=1S/C22H14N4O3/c23-13-14-5-3-6-15(11-14)21(27)25-26-22(28)17-12-19(20-9-4-10-29-20)24-18-8-2-1-7-16(17)18/h1-12H,(H,25,27)(H,26,28). The van der Waals surface area contributed by atoms with Crippen molar-refractivity contribution in [3.05, 3.63) is 89.7 Å². The van der Waals surface area contributed by atoms with Gasteiger partial charge < -0.3 is 4.42 Å². The molecule has 0 aliphatic rings. The van der Waals surface area contributed by atoms with Gasteiger partial charge in [0.05, 0.1) is 29.0 Å². The van der Waals surface area contributed by atoms with Crippen molar-refractivity contribution in [1.29, 1.82) is 5.26 Å². The molecule has 0 unspecified atom stereocenters. The van der Waals surface area contributed by atoms with E-state index < -0.39 is 11.8 Å². The van der Waals surface area contributed by atoms with E-state index in [1.165, 1.54) is 12.3 Å². The van der Waals surface area contributed by atoms with Crippen LogP contribution in [-0.2, 0) is 0 Å². The molecular weight excluding hydrogens is 368 g/mol. The number of hydrogen-bond donors (Lipinski definition) is 2. The number of hydrogen-bond acceptors (Lipinski definition) is 5. The van der Waals surface area contributed by atoms with E-state index >= 15 is 0 Å². The molecule has 2 N–H and O–H groups in total. The monoisotopic (exact) mass is 382 g/mol. The third-order valence-corrected chi connectivity index (χ3v) is 4.28. The predicted molar refractivity (Wildman–Crippen MR) is 106 cm³/mol. The fourth-order valence-electron chi connectivity index (χ4n) is 2.90. The average molecular weight is 382 g/mol. The van der Waals surface area contributed by atoms with Crippen LogP contribution < -0.4 is 10.9 Å². The van der Waals surface area contributed by atoms with Gasteiger partial charge in [0.1, 0.15) is 5.69 Å². The first-order valence-electron chi connectivity index (χ1n) is 8.70. The zero-order valence-electron chi connectivity index (χ0n) is 15.0. The van der Waals surface area contributed by atoms with E-state index in [-0.39, 0.29) is 5.56 Å². The summed E-state index contributed by atoms with van der Waals surface area (Å²) in [4.78, 5) is 29.6. The summed E-state index contributed by atoms with van der Waals surface area (Å²) >= 11 is 0. The van der Waals surface area contributed by atoms with Crippen molar-refractivity contribution < 1.29 is 14.0 Å². The zero-order chi connectivity index (χ0) is 20.2. The third kappa shape index (κ3) is 3.68. The molecule has 2 aromatic heterocycles. The van der Waals surface area contributed by atoms with Gasteiger partial charge in [-0.1, -0.05) is 24.3 Å². The highest BCUT2D eigenvalue weighted by molar-refractivity contribution is 6.08. The second-order valence-corrected chi connectivity index (χ2v) is 6.15. The minimum atomic E-state index is -0.528. The molecule has 0 fully saturated rings. The van der Waals surface area contributed by atoms with Crippen molar-refractivity contribution in [2.24, 2.45) is 0 Å². The van der Waals surface area contributed by atoms with Crippen LogP contribution in [0.3, 0.4) is 0 Å². The van der Waals surface area contributed by atoms with E-state index in [0.717, 1.165) is 0 Å². The van der Waals surface area contributed by atoms with Crippen molar-refractivity contribution in [2.45, 2.75) is 0 Å². The molecule has 4 rings (SSSR count). The molecule has 2 amide bonds. The Bertz CT molecular complexity index is 1260. The fourth-order valence-corrected chi connectivity index (χ4v) is 2.90. The van der Waals surface area contributed by atoms with Gasteiger partial charge in [0.15, 0.2) is 5.76 Å². The van der Waals surface area contributed by atoms with Crippen LogP contribution >= 0.6 is 0 Å². The summed E-state index contributed by atoms with van der Waals surface area (Å²) in [5.41, 5.74) is 6.89. The van der Waals surface area contributed by atoms with Crippen molar-refractivity contribution >= 4 is 22.7 Å². The fraction of sp³-hybridized carbons (Fsp3) is 0. The number of pyridine rings is 1. The van der Waals surface area contributed by atoms with Gasteiger partial charge in [0.25, 0.3) is 11.8 Å². The van der Waals surface area contributed by atoms with Crippen molar-refractivity contribution in [3.8, 4) is 17.5 Å². The second kappa shape index (κ2) is 7.66. The maximum atomic E-state index is 12.8. The number of rotatable bonds is 3. The van der Waals surface area contributed by atoms with E-state index in [1.807, 2.05) is 12.1 Å². The molecule has 2 heterocycles. The van der Waals surface area contributed by atoms with Crippen molar-refractivity contribution in [2.75, 3.05) is 0 Å². The molecule has 0 atom stereocenters. The van der Waals surface area contributed by atoms with Gasteiger partial charge in [-0.3, -0.25) is 20.4 Å². The Morgan fingerprint density at radius 2 is 1.76 bits per heavy atom. The zero-order valence-corrected chi connectivity index (χ0v) is 15.0. The van der Waals surface area contributed by atoms with Gasteiger partial charge in [-0.05, 0) is 42.5 Å². The first-order valence-corrected chi connectivity index (χ1v) is 8.70. The first kappa shape index (κ1) is 17.9. The van der Waals surface area contributed by atoms with Crippen LogP contribution in [0.2, 0.25) is 0 Å². The van der Waals surface area contributed by atoms with E-state index in [1.54, 1.807) is 54.6 Å². The SMILES string of the molecule is N#Cc1cccc(C(=O)NNC(=O)c2cc(-c3ccco3)nc3ccccc23)c1. The van der Waals surface area contributed by atoms with Crippen LogP contribution in [-0.4, -0.2) is 16.8 Å². The molecule has 0 aliphatic carbocycles. The van der Waals surface area contributed by atoms with Crippen LogP contribution in [0.1, 0.15) is 26.3 Å². The van der Waals surface area contributed by atoms with Crippen LogP contribution in [0.15, 0.2) is 77.4 Å². The van der Waals surface area contributed by atoms with Gasteiger partial charge in [-0.15, -0.1) is 0 Å². The van der Waals surface area contributed by atoms with Crippen LogP contribution in [0.4, 0.5) is 0 Å². The highest BCUT2D eigenvalue weighted by atomic mass is 16.3. The molecule has 0 radical (unpaired) electrons. The molecule has 0 spiro atoms. The van der Waals surface area contributed by atoms with Crippen molar-refractivity contribution in [1.82, 2.24) is 15.8 Å². The number of carbonyl (C=O) groups is 2. The quantitative estimate of drug-likeness (QED) is 0.528. The number of para-hydroxylation sites is 1. The lowest BCUT2D eigenvalue weighted by molar-refractivity contribution is 0.0847. The molecule has 7 heteroatoms. The normalized spacial score (nSPS) is 10.3. The summed E-state index contributed by atoms with van der Waals surface area (Å²) < 4.78 is 5.39. The number of carbonyl (C=O) groups excluding carboxylic acids is 2. The number of nitrogens with zero attached hydrogens (tertiary/aromatic N) is 2. The number of nitriles is 1. The summed E-state index contributed by atoms with van der Waals surface area (Å²) in [5.74, 6) is -0.497. The Labute approximate surface area is 165 Å². The lowest BCUT2D eigenvalue weighted by Gasteiger charge is -2.11. The van der Waals surface area contributed by atoms with Gasteiger partial charge in [0.2, 0.25) is 0 Å². The smallest absolute Gasteiger partial charge is 0.270 e. The van der Waals surface area contributed by atoms with E-state index in [0.29, 0.717) is 33.5 Å². The summed E-state index contributed by atoms with van der Waals surface area (Å²) in [6, 6.07) is 20.5. The summed E-state index contributed by atoms with van der Waals surface area (Å²) in [6.07, 6.45) is 1.53. The predicted octanol–water partition coefficient (Wildman–Crippen LogP) is 3.44. The summed E-state index contributed by atoms with van der Waals surface area (Å²) in [7, 11) is 0. The van der Waals surface area contributed by atoms with Gasteiger partial charge in [-0.25, -0.2) is 4.98 Å². The van der Waals surface area contributed by atoms with Gasteiger partial charge in [0, 0.05) is 10.9 Å². The molecule has 0 saturated heterocycles. The number of benzene rings is 2. The molecule has 140 valence electrons. The highest BCUT2D eigenvalue weighted by Crippen LogP contribution is 2.25. The minimum Gasteiger partial charge on any atom is -0.463 e. The van der Waals surface area contributed by atoms with Crippen LogP contribution in [0, 0.1) is 11.3 Å².